The average molecular weight is 366 g/mol. The van der Waals surface area contributed by atoms with Gasteiger partial charge in [0.1, 0.15) is 11.3 Å². The Morgan fingerprint density at radius 1 is 1.19 bits per heavy atom. The highest BCUT2D eigenvalue weighted by atomic mass is 19.1. The molecule has 1 aromatic heterocycles. The van der Waals surface area contributed by atoms with Gasteiger partial charge in [-0.3, -0.25) is 9.78 Å². The maximum Gasteiger partial charge on any atom is 0.231 e. The van der Waals surface area contributed by atoms with Crippen molar-refractivity contribution in [2.24, 2.45) is 5.41 Å². The van der Waals surface area contributed by atoms with E-state index in [9.17, 15) is 13.6 Å². The first-order valence-corrected chi connectivity index (χ1v) is 8.60. The van der Waals surface area contributed by atoms with Crippen LogP contribution < -0.4 is 5.32 Å². The van der Waals surface area contributed by atoms with Gasteiger partial charge in [0.25, 0.3) is 0 Å². The fourth-order valence-electron chi connectivity index (χ4n) is 3.17. The molecule has 1 atom stereocenters. The molecule has 0 fully saturated rings. The summed E-state index contributed by atoms with van der Waals surface area (Å²) in [7, 11) is 0. The van der Waals surface area contributed by atoms with Crippen molar-refractivity contribution < 1.29 is 13.6 Å². The molecule has 0 bridgehead atoms. The number of rotatable bonds is 6. The van der Waals surface area contributed by atoms with Gasteiger partial charge in [-0.2, -0.15) is 0 Å². The molecule has 0 spiro atoms. The number of fused-ring (bicyclic) bond motifs is 1. The van der Waals surface area contributed by atoms with Gasteiger partial charge in [-0.1, -0.05) is 56.0 Å². The third kappa shape index (κ3) is 4.37. The summed E-state index contributed by atoms with van der Waals surface area (Å²) in [5.74, 6) is -1.32. The number of amides is 1. The highest BCUT2D eigenvalue weighted by molar-refractivity contribution is 5.97. The van der Waals surface area contributed by atoms with E-state index in [0.29, 0.717) is 17.5 Å². The Bertz CT molecular complexity index is 988. The molecule has 0 saturated carbocycles. The molecule has 2 aromatic carbocycles. The van der Waals surface area contributed by atoms with E-state index in [2.05, 4.69) is 16.9 Å². The molecule has 1 N–H and O–H groups in total. The van der Waals surface area contributed by atoms with Crippen molar-refractivity contribution in [1.82, 2.24) is 4.98 Å². The van der Waals surface area contributed by atoms with Crippen LogP contribution in [0.2, 0.25) is 0 Å². The number of pyridine rings is 1. The summed E-state index contributed by atoms with van der Waals surface area (Å²) in [6, 6.07) is 15.7. The van der Waals surface area contributed by atoms with Crippen LogP contribution in [-0.2, 0) is 11.2 Å². The van der Waals surface area contributed by atoms with Crippen molar-refractivity contribution in [3.05, 3.63) is 84.6 Å². The highest BCUT2D eigenvalue weighted by Gasteiger charge is 2.34. The SMILES string of the molecule is C=C(F)CC(C)(Cc1ccccc1)C(=O)Nc1cnc2c(F)cccc2c1. The van der Waals surface area contributed by atoms with E-state index in [1.165, 1.54) is 12.3 Å². The van der Waals surface area contributed by atoms with Gasteiger partial charge in [0, 0.05) is 11.8 Å². The van der Waals surface area contributed by atoms with Gasteiger partial charge in [-0.05, 0) is 24.1 Å². The summed E-state index contributed by atoms with van der Waals surface area (Å²) >= 11 is 0. The van der Waals surface area contributed by atoms with Crippen LogP contribution in [0.15, 0.2) is 73.2 Å². The Morgan fingerprint density at radius 3 is 2.63 bits per heavy atom. The van der Waals surface area contributed by atoms with Gasteiger partial charge in [0.15, 0.2) is 0 Å². The van der Waals surface area contributed by atoms with Crippen molar-refractivity contribution in [2.45, 2.75) is 19.8 Å². The van der Waals surface area contributed by atoms with Crippen molar-refractivity contribution in [1.29, 1.82) is 0 Å². The number of halogens is 2. The zero-order valence-electron chi connectivity index (χ0n) is 15.0. The van der Waals surface area contributed by atoms with Gasteiger partial charge in [-0.25, -0.2) is 8.78 Å². The van der Waals surface area contributed by atoms with Crippen LogP contribution in [0.1, 0.15) is 18.9 Å². The lowest BCUT2D eigenvalue weighted by Gasteiger charge is -2.28. The highest BCUT2D eigenvalue weighted by Crippen LogP contribution is 2.32. The predicted octanol–water partition coefficient (Wildman–Crippen LogP) is 5.43. The summed E-state index contributed by atoms with van der Waals surface area (Å²) in [5, 5.41) is 3.36. The molecule has 0 saturated heterocycles. The fraction of sp³-hybridized carbons (Fsp3) is 0.182. The number of benzene rings is 2. The minimum absolute atomic E-state index is 0.0939. The first kappa shape index (κ1) is 18.7. The first-order chi connectivity index (χ1) is 12.9. The second kappa shape index (κ2) is 7.66. The number of nitrogens with one attached hydrogen (secondary N) is 1. The molecule has 3 aromatic rings. The van der Waals surface area contributed by atoms with Gasteiger partial charge in [-0.15, -0.1) is 0 Å². The third-order valence-electron chi connectivity index (χ3n) is 4.49. The number of aromatic nitrogens is 1. The zero-order chi connectivity index (χ0) is 19.4. The third-order valence-corrected chi connectivity index (χ3v) is 4.49. The molecule has 5 heteroatoms. The van der Waals surface area contributed by atoms with Crippen LogP contribution in [-0.4, -0.2) is 10.9 Å². The number of hydrogen-bond donors (Lipinski definition) is 1. The number of hydrogen-bond acceptors (Lipinski definition) is 2. The second-order valence-electron chi connectivity index (χ2n) is 6.91. The summed E-state index contributed by atoms with van der Waals surface area (Å²) in [6.07, 6.45) is 1.66. The van der Waals surface area contributed by atoms with Crippen molar-refractivity contribution in [3.8, 4) is 0 Å². The lowest BCUT2D eigenvalue weighted by atomic mass is 9.79. The maximum absolute atomic E-state index is 13.8. The molecular weight excluding hydrogens is 346 g/mol. The van der Waals surface area contributed by atoms with Crippen molar-refractivity contribution in [2.75, 3.05) is 5.32 Å². The summed E-state index contributed by atoms with van der Waals surface area (Å²) in [4.78, 5) is 17.0. The summed E-state index contributed by atoms with van der Waals surface area (Å²) < 4.78 is 27.4. The van der Waals surface area contributed by atoms with Crippen LogP contribution in [0.3, 0.4) is 0 Å². The summed E-state index contributed by atoms with van der Waals surface area (Å²) in [6.45, 7) is 5.02. The first-order valence-electron chi connectivity index (χ1n) is 8.60. The standard InChI is InChI=1S/C22H20F2N2O/c1-15(23)12-22(2,13-16-7-4-3-5-8-16)21(27)26-18-11-17-9-6-10-19(24)20(17)25-14-18/h3-11,14H,1,12-13H2,2H3,(H,26,27). The Kier molecular flexibility index (Phi) is 5.31. The van der Waals surface area contributed by atoms with Crippen LogP contribution in [0.4, 0.5) is 14.5 Å². The number of carbonyl (C=O) groups is 1. The molecule has 0 radical (unpaired) electrons. The largest absolute Gasteiger partial charge is 0.324 e. The van der Waals surface area contributed by atoms with E-state index in [4.69, 9.17) is 0 Å². The molecule has 0 aliphatic rings. The van der Waals surface area contributed by atoms with Crippen LogP contribution >= 0.6 is 0 Å². The van der Waals surface area contributed by atoms with Gasteiger partial charge in [0.2, 0.25) is 5.91 Å². The minimum Gasteiger partial charge on any atom is -0.324 e. The molecule has 3 rings (SSSR count). The smallest absolute Gasteiger partial charge is 0.231 e. The predicted molar refractivity (Wildman–Crippen MR) is 103 cm³/mol. The fourth-order valence-corrected chi connectivity index (χ4v) is 3.17. The maximum atomic E-state index is 13.8. The zero-order valence-corrected chi connectivity index (χ0v) is 15.0. The minimum atomic E-state index is -1.02. The van der Waals surface area contributed by atoms with Crippen LogP contribution in [0, 0.1) is 11.2 Å². The average Bonchev–Trinajstić information content (AvgIpc) is 2.62. The molecule has 1 amide bonds. The Labute approximate surface area is 156 Å². The molecule has 0 aliphatic carbocycles. The van der Waals surface area contributed by atoms with E-state index in [0.717, 1.165) is 5.56 Å². The van der Waals surface area contributed by atoms with Gasteiger partial charge >= 0.3 is 0 Å². The monoisotopic (exact) mass is 366 g/mol. The Morgan fingerprint density at radius 2 is 1.93 bits per heavy atom. The molecule has 138 valence electrons. The topological polar surface area (TPSA) is 42.0 Å². The van der Waals surface area contributed by atoms with Crippen molar-refractivity contribution >= 4 is 22.5 Å². The number of carbonyl (C=O) groups excluding carboxylic acids is 1. The lowest BCUT2D eigenvalue weighted by molar-refractivity contribution is -0.124. The molecule has 1 unspecified atom stereocenters. The van der Waals surface area contributed by atoms with E-state index in [-0.39, 0.29) is 17.8 Å². The van der Waals surface area contributed by atoms with E-state index in [1.807, 2.05) is 30.3 Å². The second-order valence-corrected chi connectivity index (χ2v) is 6.91. The number of nitrogens with zero attached hydrogens (tertiary/aromatic N) is 1. The molecule has 27 heavy (non-hydrogen) atoms. The normalized spacial score (nSPS) is 13.1. The lowest BCUT2D eigenvalue weighted by Crippen LogP contribution is -2.35. The number of allylic oxidation sites excluding steroid dienone is 1. The van der Waals surface area contributed by atoms with E-state index < -0.39 is 17.1 Å². The van der Waals surface area contributed by atoms with E-state index >= 15 is 0 Å². The molecule has 0 aliphatic heterocycles. The van der Waals surface area contributed by atoms with Crippen LogP contribution in [0.5, 0.6) is 0 Å². The van der Waals surface area contributed by atoms with Crippen molar-refractivity contribution in [3.63, 3.8) is 0 Å². The molecular formula is C22H20F2N2O. The van der Waals surface area contributed by atoms with E-state index in [1.54, 1.807) is 25.1 Å². The Balaban J connectivity index is 1.86. The number of anilines is 1. The number of para-hydroxylation sites is 1. The Hall–Kier alpha value is -3.08. The molecule has 1 heterocycles. The summed E-state index contributed by atoms with van der Waals surface area (Å²) in [5.41, 5.74) is 0.570. The van der Waals surface area contributed by atoms with Gasteiger partial charge in [0.05, 0.1) is 23.1 Å². The van der Waals surface area contributed by atoms with Crippen LogP contribution in [0.25, 0.3) is 10.9 Å². The van der Waals surface area contributed by atoms with Gasteiger partial charge < -0.3 is 5.32 Å². The quantitative estimate of drug-likeness (QED) is 0.632. The molecule has 3 nitrogen and oxygen atoms in total.